The topological polar surface area (TPSA) is 44.0 Å². The molecule has 2 rings (SSSR count). The molecular weight excluding hydrogens is 265 g/mol. The number of benzene rings is 2. The number of hydrogen-bond acceptors (Lipinski definition) is 2. The third-order valence-electron chi connectivity index (χ3n) is 3.01. The van der Waals surface area contributed by atoms with Crippen molar-refractivity contribution >= 4 is 11.6 Å². The zero-order valence-electron chi connectivity index (χ0n) is 10.2. The average Bonchev–Trinajstić information content (AvgIpc) is 2.38. The minimum Gasteiger partial charge on any atom is -0.381 e. The van der Waals surface area contributed by atoms with Gasteiger partial charge >= 0.3 is 0 Å². The molecule has 0 radical (unpaired) electrons. The number of hydrogen-bond donors (Lipinski definition) is 1. The number of halogens is 2. The third-order valence-corrected chi connectivity index (χ3v) is 3.24. The molecule has 96 valence electrons. The van der Waals surface area contributed by atoms with Crippen LogP contribution < -0.4 is 0 Å². The second kappa shape index (κ2) is 5.00. The summed E-state index contributed by atoms with van der Waals surface area (Å²) < 4.78 is 13.9. The Bertz CT molecular complexity index is 661. The summed E-state index contributed by atoms with van der Waals surface area (Å²) in [6.07, 6.45) is 0. The van der Waals surface area contributed by atoms with Gasteiger partial charge in [0.1, 0.15) is 11.4 Å². The van der Waals surface area contributed by atoms with Gasteiger partial charge in [-0.1, -0.05) is 29.8 Å². The predicted molar refractivity (Wildman–Crippen MR) is 71.2 cm³/mol. The molecule has 19 heavy (non-hydrogen) atoms. The standard InChI is InChI=1S/C15H11ClFNO/c1-15(19,11-4-2-3-10(7-11)9-18)13-6-5-12(16)8-14(13)17/h2-8,19H,1H3. The van der Waals surface area contributed by atoms with Crippen molar-refractivity contribution in [3.63, 3.8) is 0 Å². The molecule has 0 amide bonds. The SMILES string of the molecule is CC(O)(c1cccc(C#N)c1)c1ccc(Cl)cc1F. The van der Waals surface area contributed by atoms with Crippen LogP contribution in [-0.4, -0.2) is 5.11 Å². The first kappa shape index (κ1) is 13.5. The van der Waals surface area contributed by atoms with E-state index in [1.165, 1.54) is 25.1 Å². The summed E-state index contributed by atoms with van der Waals surface area (Å²) in [4.78, 5) is 0. The maximum absolute atomic E-state index is 13.9. The van der Waals surface area contributed by atoms with Crippen LogP contribution in [0.1, 0.15) is 23.6 Å². The smallest absolute Gasteiger partial charge is 0.131 e. The summed E-state index contributed by atoms with van der Waals surface area (Å²) in [7, 11) is 0. The van der Waals surface area contributed by atoms with Crippen LogP contribution in [0.5, 0.6) is 0 Å². The second-order valence-corrected chi connectivity index (χ2v) is 4.83. The minimum absolute atomic E-state index is 0.118. The van der Waals surface area contributed by atoms with E-state index < -0.39 is 11.4 Å². The highest BCUT2D eigenvalue weighted by Gasteiger charge is 2.29. The first-order valence-corrected chi connectivity index (χ1v) is 6.01. The summed E-state index contributed by atoms with van der Waals surface area (Å²) in [5.74, 6) is -0.583. The molecule has 0 heterocycles. The lowest BCUT2D eigenvalue weighted by molar-refractivity contribution is 0.0979. The fourth-order valence-corrected chi connectivity index (χ4v) is 2.09. The highest BCUT2D eigenvalue weighted by molar-refractivity contribution is 6.30. The fourth-order valence-electron chi connectivity index (χ4n) is 1.93. The van der Waals surface area contributed by atoms with E-state index in [1.54, 1.807) is 18.2 Å². The van der Waals surface area contributed by atoms with E-state index in [-0.39, 0.29) is 10.6 Å². The monoisotopic (exact) mass is 275 g/mol. The van der Waals surface area contributed by atoms with E-state index in [0.29, 0.717) is 11.1 Å². The molecule has 0 bridgehead atoms. The first-order valence-electron chi connectivity index (χ1n) is 5.63. The molecule has 2 aromatic rings. The van der Waals surface area contributed by atoms with Crippen molar-refractivity contribution in [1.82, 2.24) is 0 Å². The van der Waals surface area contributed by atoms with Gasteiger partial charge in [-0.2, -0.15) is 5.26 Å². The van der Waals surface area contributed by atoms with Gasteiger partial charge in [0, 0.05) is 10.6 Å². The molecule has 1 atom stereocenters. The molecule has 0 aromatic heterocycles. The summed E-state index contributed by atoms with van der Waals surface area (Å²) in [6.45, 7) is 1.48. The first-order chi connectivity index (χ1) is 8.95. The molecule has 0 aliphatic heterocycles. The molecule has 2 nitrogen and oxygen atoms in total. The van der Waals surface area contributed by atoms with Crippen LogP contribution in [0.2, 0.25) is 5.02 Å². The van der Waals surface area contributed by atoms with Crippen LogP contribution in [0.15, 0.2) is 42.5 Å². The number of aliphatic hydroxyl groups is 1. The lowest BCUT2D eigenvalue weighted by Gasteiger charge is -2.25. The van der Waals surface area contributed by atoms with Gasteiger partial charge in [-0.15, -0.1) is 0 Å². The highest BCUT2D eigenvalue weighted by atomic mass is 35.5. The largest absolute Gasteiger partial charge is 0.381 e. The van der Waals surface area contributed by atoms with Crippen LogP contribution in [0.25, 0.3) is 0 Å². The summed E-state index contributed by atoms with van der Waals surface area (Å²) in [5, 5.41) is 19.7. The summed E-state index contributed by atoms with van der Waals surface area (Å²) in [6, 6.07) is 12.6. The molecule has 0 saturated heterocycles. The van der Waals surface area contributed by atoms with Gasteiger partial charge in [0.2, 0.25) is 0 Å². The Hall–Kier alpha value is -1.89. The van der Waals surface area contributed by atoms with Crippen molar-refractivity contribution < 1.29 is 9.50 Å². The molecule has 0 aliphatic rings. The molecular formula is C15H11ClFNO. The third kappa shape index (κ3) is 2.60. The Kier molecular flexibility index (Phi) is 3.57. The molecule has 0 fully saturated rings. The second-order valence-electron chi connectivity index (χ2n) is 4.39. The fraction of sp³-hybridized carbons (Fsp3) is 0.133. The molecule has 1 N–H and O–H groups in total. The Morgan fingerprint density at radius 1 is 1.26 bits per heavy atom. The van der Waals surface area contributed by atoms with Crippen LogP contribution in [0, 0.1) is 17.1 Å². The van der Waals surface area contributed by atoms with E-state index in [2.05, 4.69) is 0 Å². The molecule has 0 saturated carbocycles. The van der Waals surface area contributed by atoms with E-state index in [9.17, 15) is 9.50 Å². The quantitative estimate of drug-likeness (QED) is 0.910. The van der Waals surface area contributed by atoms with Crippen molar-refractivity contribution in [2.24, 2.45) is 0 Å². The van der Waals surface area contributed by atoms with E-state index in [0.717, 1.165) is 6.07 Å². The van der Waals surface area contributed by atoms with Gasteiger partial charge in [0.15, 0.2) is 0 Å². The normalized spacial score (nSPS) is 13.6. The van der Waals surface area contributed by atoms with Crippen LogP contribution >= 0.6 is 11.6 Å². The van der Waals surface area contributed by atoms with Crippen molar-refractivity contribution in [1.29, 1.82) is 5.26 Å². The number of rotatable bonds is 2. The van der Waals surface area contributed by atoms with Gasteiger partial charge in [0.05, 0.1) is 11.6 Å². The van der Waals surface area contributed by atoms with Crippen molar-refractivity contribution in [2.75, 3.05) is 0 Å². The zero-order chi connectivity index (χ0) is 14.0. The Labute approximate surface area is 115 Å². The van der Waals surface area contributed by atoms with Crippen molar-refractivity contribution in [3.05, 3.63) is 70.0 Å². The molecule has 0 aliphatic carbocycles. The average molecular weight is 276 g/mol. The van der Waals surface area contributed by atoms with E-state index in [4.69, 9.17) is 16.9 Å². The Morgan fingerprint density at radius 2 is 2.00 bits per heavy atom. The van der Waals surface area contributed by atoms with Gasteiger partial charge in [-0.3, -0.25) is 0 Å². The van der Waals surface area contributed by atoms with E-state index in [1.807, 2.05) is 6.07 Å². The number of nitriles is 1. The van der Waals surface area contributed by atoms with E-state index >= 15 is 0 Å². The summed E-state index contributed by atoms with van der Waals surface area (Å²) >= 11 is 5.70. The van der Waals surface area contributed by atoms with Crippen LogP contribution in [-0.2, 0) is 5.60 Å². The lowest BCUT2D eigenvalue weighted by atomic mass is 9.87. The van der Waals surface area contributed by atoms with Gasteiger partial charge < -0.3 is 5.11 Å². The van der Waals surface area contributed by atoms with Gasteiger partial charge in [0.25, 0.3) is 0 Å². The summed E-state index contributed by atoms with van der Waals surface area (Å²) in [5.41, 5.74) is -0.548. The zero-order valence-corrected chi connectivity index (χ0v) is 10.9. The Morgan fingerprint density at radius 3 is 2.63 bits per heavy atom. The number of nitrogens with zero attached hydrogens (tertiary/aromatic N) is 1. The van der Waals surface area contributed by atoms with Gasteiger partial charge in [-0.25, -0.2) is 4.39 Å². The van der Waals surface area contributed by atoms with Crippen molar-refractivity contribution in [2.45, 2.75) is 12.5 Å². The van der Waals surface area contributed by atoms with Crippen LogP contribution in [0.4, 0.5) is 4.39 Å². The molecule has 1 unspecified atom stereocenters. The minimum atomic E-state index is -1.53. The van der Waals surface area contributed by atoms with Crippen LogP contribution in [0.3, 0.4) is 0 Å². The molecule has 0 spiro atoms. The maximum atomic E-state index is 13.9. The Balaban J connectivity index is 2.55. The van der Waals surface area contributed by atoms with Gasteiger partial charge in [-0.05, 0) is 36.8 Å². The highest BCUT2D eigenvalue weighted by Crippen LogP contribution is 2.32. The molecule has 4 heteroatoms. The predicted octanol–water partition coefficient (Wildman–Crippen LogP) is 3.61. The maximum Gasteiger partial charge on any atom is 0.131 e. The van der Waals surface area contributed by atoms with Crippen molar-refractivity contribution in [3.8, 4) is 6.07 Å². The lowest BCUT2D eigenvalue weighted by Crippen LogP contribution is -2.24. The molecule has 2 aromatic carbocycles.